The second-order valence-electron chi connectivity index (χ2n) is 8.99. The third kappa shape index (κ3) is 4.97. The van der Waals surface area contributed by atoms with E-state index in [1.54, 1.807) is 18.2 Å². The highest BCUT2D eigenvalue weighted by Crippen LogP contribution is 2.48. The van der Waals surface area contributed by atoms with Gasteiger partial charge in [0.1, 0.15) is 0 Å². The maximum atomic E-state index is 13.6. The molecule has 4 rings (SSSR count). The van der Waals surface area contributed by atoms with Gasteiger partial charge >= 0.3 is 12.1 Å². The maximum absolute atomic E-state index is 13.6. The summed E-state index contributed by atoms with van der Waals surface area (Å²) >= 11 is 0. The highest BCUT2D eigenvalue weighted by molar-refractivity contribution is 5.82. The van der Waals surface area contributed by atoms with E-state index in [0.29, 0.717) is 44.3 Å². The number of amides is 1. The first-order chi connectivity index (χ1) is 15.3. The summed E-state index contributed by atoms with van der Waals surface area (Å²) in [7, 11) is 0. The van der Waals surface area contributed by atoms with Crippen LogP contribution in [0.1, 0.15) is 41.9 Å². The van der Waals surface area contributed by atoms with Crippen molar-refractivity contribution in [3.05, 3.63) is 71.3 Å². The average molecular weight is 441 g/mol. The summed E-state index contributed by atoms with van der Waals surface area (Å²) in [5.74, 6) is -1.81. The predicted octanol–water partition coefficient (Wildman–Crippen LogP) is 4.42. The van der Waals surface area contributed by atoms with Gasteiger partial charge in [0, 0.05) is 18.5 Å². The number of carbonyl (C=O) groups excluding carboxylic acids is 1. The van der Waals surface area contributed by atoms with Crippen LogP contribution in [-0.2, 0) is 11.2 Å². The number of rotatable bonds is 6. The van der Waals surface area contributed by atoms with Gasteiger partial charge in [-0.1, -0.05) is 42.5 Å². The first kappa shape index (κ1) is 22.3. The van der Waals surface area contributed by atoms with E-state index in [-0.39, 0.29) is 12.5 Å². The predicted molar refractivity (Wildman–Crippen MR) is 115 cm³/mol. The van der Waals surface area contributed by atoms with Crippen LogP contribution in [-0.4, -0.2) is 42.7 Å². The van der Waals surface area contributed by atoms with Gasteiger partial charge in [0.05, 0.1) is 11.6 Å². The first-order valence-corrected chi connectivity index (χ1v) is 10.9. The van der Waals surface area contributed by atoms with Gasteiger partial charge in [-0.15, -0.1) is 0 Å². The van der Waals surface area contributed by atoms with E-state index >= 15 is 0 Å². The smallest absolute Gasteiger partial charge is 0.331 e. The normalized spacial score (nSPS) is 22.1. The number of piperidine rings is 1. The first-order valence-electron chi connectivity index (χ1n) is 10.9. The number of hydrogen-bond donors (Lipinski definition) is 1. The van der Waals surface area contributed by atoms with Crippen molar-refractivity contribution in [1.29, 1.82) is 5.26 Å². The van der Waals surface area contributed by atoms with Crippen molar-refractivity contribution in [2.45, 2.75) is 43.8 Å². The molecule has 0 unspecified atom stereocenters. The molecule has 1 amide bonds. The number of nitrogens with zero attached hydrogens (tertiary/aromatic N) is 2. The number of nitrogens with one attached hydrogen (secondary N) is 1. The monoisotopic (exact) mass is 441 g/mol. The molecule has 2 fully saturated rings. The standard InChI is InChI=1S/C25H26F3N3O/c26-25(27,28)23(32)31(22-14-21(22)20-7-2-1-3-8-20)17-24(9-11-30-12-10-24)15-18-5-4-6-19(13-18)16-29/h1-8,13,21-22,30H,9-12,14-15,17H2/t21-,22+/m0/s1. The Kier molecular flexibility index (Phi) is 6.25. The fourth-order valence-corrected chi connectivity index (χ4v) is 4.98. The maximum Gasteiger partial charge on any atom is 0.471 e. The number of nitriles is 1. The molecule has 1 saturated carbocycles. The third-order valence-electron chi connectivity index (χ3n) is 6.69. The molecule has 0 spiro atoms. The van der Waals surface area contributed by atoms with Gasteiger partial charge in [-0.25, -0.2) is 0 Å². The van der Waals surface area contributed by atoms with E-state index in [0.717, 1.165) is 16.0 Å². The molecule has 0 bridgehead atoms. The summed E-state index contributed by atoms with van der Waals surface area (Å²) < 4.78 is 40.7. The molecule has 168 valence electrons. The Labute approximate surface area is 186 Å². The van der Waals surface area contributed by atoms with Gasteiger partial charge in [0.15, 0.2) is 0 Å². The molecular weight excluding hydrogens is 415 g/mol. The van der Waals surface area contributed by atoms with Gasteiger partial charge in [0.25, 0.3) is 0 Å². The summed E-state index contributed by atoms with van der Waals surface area (Å²) in [5.41, 5.74) is 1.95. The molecule has 2 aliphatic rings. The molecule has 1 aliphatic heterocycles. The quantitative estimate of drug-likeness (QED) is 0.722. The van der Waals surface area contributed by atoms with E-state index in [1.807, 2.05) is 36.4 Å². The van der Waals surface area contributed by atoms with Crippen LogP contribution in [0.4, 0.5) is 13.2 Å². The lowest BCUT2D eigenvalue weighted by molar-refractivity contribution is -0.188. The van der Waals surface area contributed by atoms with Crippen molar-refractivity contribution < 1.29 is 18.0 Å². The minimum absolute atomic E-state index is 0.0665. The highest BCUT2D eigenvalue weighted by atomic mass is 19.4. The molecule has 7 heteroatoms. The molecule has 4 nitrogen and oxygen atoms in total. The van der Waals surface area contributed by atoms with Crippen LogP contribution >= 0.6 is 0 Å². The molecule has 1 aliphatic carbocycles. The summed E-state index contributed by atoms with van der Waals surface area (Å²) in [6.45, 7) is 1.45. The Hall–Kier alpha value is -2.85. The second kappa shape index (κ2) is 8.95. The number of benzene rings is 2. The zero-order valence-corrected chi connectivity index (χ0v) is 17.7. The summed E-state index contributed by atoms with van der Waals surface area (Å²) in [6.07, 6.45) is -2.47. The Morgan fingerprint density at radius 3 is 2.50 bits per heavy atom. The number of alkyl halides is 3. The van der Waals surface area contributed by atoms with E-state index in [4.69, 9.17) is 0 Å². The van der Waals surface area contributed by atoms with Crippen LogP contribution in [0.25, 0.3) is 0 Å². The van der Waals surface area contributed by atoms with E-state index < -0.39 is 23.5 Å². The Morgan fingerprint density at radius 2 is 1.84 bits per heavy atom. The van der Waals surface area contributed by atoms with Crippen LogP contribution in [0.3, 0.4) is 0 Å². The molecule has 1 saturated heterocycles. The molecular formula is C25H26F3N3O. The van der Waals surface area contributed by atoms with Crippen LogP contribution in [0.2, 0.25) is 0 Å². The third-order valence-corrected chi connectivity index (χ3v) is 6.69. The van der Waals surface area contributed by atoms with Gasteiger partial charge in [-0.3, -0.25) is 4.79 Å². The largest absolute Gasteiger partial charge is 0.471 e. The lowest BCUT2D eigenvalue weighted by atomic mass is 9.73. The molecule has 0 radical (unpaired) electrons. The van der Waals surface area contributed by atoms with Crippen molar-refractivity contribution in [1.82, 2.24) is 10.2 Å². The zero-order chi connectivity index (χ0) is 22.8. The van der Waals surface area contributed by atoms with Crippen molar-refractivity contribution in [2.24, 2.45) is 5.41 Å². The zero-order valence-electron chi connectivity index (χ0n) is 17.7. The van der Waals surface area contributed by atoms with Gasteiger partial charge in [-0.2, -0.15) is 18.4 Å². The molecule has 2 aromatic carbocycles. The van der Waals surface area contributed by atoms with Crippen LogP contribution in [0, 0.1) is 16.7 Å². The SMILES string of the molecule is N#Cc1cccc(CC2(CN(C(=O)C(F)(F)F)[C@@H]3C[C@H]3c3ccccc3)CCNCC2)c1. The van der Waals surface area contributed by atoms with Crippen molar-refractivity contribution in [3.63, 3.8) is 0 Å². The minimum Gasteiger partial charge on any atom is -0.331 e. The molecule has 32 heavy (non-hydrogen) atoms. The molecule has 0 aromatic heterocycles. The van der Waals surface area contributed by atoms with Crippen molar-refractivity contribution >= 4 is 5.91 Å². The molecule has 2 aromatic rings. The van der Waals surface area contributed by atoms with Crippen LogP contribution < -0.4 is 5.32 Å². The lowest BCUT2D eigenvalue weighted by Crippen LogP contribution is -2.51. The lowest BCUT2D eigenvalue weighted by Gasteiger charge is -2.42. The number of halogens is 3. The summed E-state index contributed by atoms with van der Waals surface area (Å²) in [6, 6.07) is 18.3. The summed E-state index contributed by atoms with van der Waals surface area (Å²) in [4.78, 5) is 13.6. The van der Waals surface area contributed by atoms with Crippen LogP contribution in [0.15, 0.2) is 54.6 Å². The highest BCUT2D eigenvalue weighted by Gasteiger charge is 2.53. The van der Waals surface area contributed by atoms with Gasteiger partial charge in [0.2, 0.25) is 0 Å². The Bertz CT molecular complexity index is 993. The Morgan fingerprint density at radius 1 is 1.12 bits per heavy atom. The van der Waals surface area contributed by atoms with Crippen LogP contribution in [0.5, 0.6) is 0 Å². The fraction of sp³-hybridized carbons (Fsp3) is 0.440. The van der Waals surface area contributed by atoms with E-state index in [9.17, 15) is 23.2 Å². The minimum atomic E-state index is -4.90. The summed E-state index contributed by atoms with van der Waals surface area (Å²) in [5, 5.41) is 12.5. The Balaban J connectivity index is 1.62. The molecule has 1 N–H and O–H groups in total. The van der Waals surface area contributed by atoms with Crippen molar-refractivity contribution in [3.8, 4) is 6.07 Å². The molecule has 2 atom stereocenters. The van der Waals surface area contributed by atoms with Crippen molar-refractivity contribution in [2.75, 3.05) is 19.6 Å². The average Bonchev–Trinajstić information content (AvgIpc) is 3.58. The van der Waals surface area contributed by atoms with E-state index in [1.165, 1.54) is 0 Å². The van der Waals surface area contributed by atoms with Gasteiger partial charge in [-0.05, 0) is 67.4 Å². The number of hydrogen-bond acceptors (Lipinski definition) is 3. The molecule has 1 heterocycles. The van der Waals surface area contributed by atoms with E-state index in [2.05, 4.69) is 11.4 Å². The van der Waals surface area contributed by atoms with Gasteiger partial charge < -0.3 is 10.2 Å². The topological polar surface area (TPSA) is 56.1 Å². The fourth-order valence-electron chi connectivity index (χ4n) is 4.98. The number of carbonyl (C=O) groups is 1. The second-order valence-corrected chi connectivity index (χ2v) is 8.99.